The number of pyridine rings is 1. The van der Waals surface area contributed by atoms with Gasteiger partial charge in [0.2, 0.25) is 5.95 Å². The van der Waals surface area contributed by atoms with Gasteiger partial charge < -0.3 is 4.57 Å². The normalized spacial score (nSPS) is 11.6. The van der Waals surface area contributed by atoms with E-state index < -0.39 is 0 Å². The Morgan fingerprint density at radius 3 is 1.50 bits per heavy atom. The van der Waals surface area contributed by atoms with E-state index in [1.807, 2.05) is 24.5 Å². The standard InChI is InChI=1S/C39H25N5/c1-3-13-26(14-4-1)33-23-32-31-19-9-12-22-36(31)44(38(32)37(42-33)27-15-5-2-6-16-27)39-40-24-28(25-41-39)43-34-20-10-7-17-29(34)30-18-8-11-21-35(30)43/h1-25H. The SMILES string of the molecule is c1ccc(-c2cc3c4ccccc4n(-c4ncc(-n5c6ccccc6c6ccccc65)cn4)c3c(-c3ccccc3)n2)cc1. The van der Waals surface area contributed by atoms with Crippen molar-refractivity contribution >= 4 is 43.6 Å². The summed E-state index contributed by atoms with van der Waals surface area (Å²) in [5, 5.41) is 4.67. The maximum atomic E-state index is 5.27. The summed E-state index contributed by atoms with van der Waals surface area (Å²) < 4.78 is 4.40. The Bertz CT molecular complexity index is 2420. The average Bonchev–Trinajstić information content (AvgIpc) is 3.62. The number of benzene rings is 5. The number of aromatic nitrogens is 5. The molecule has 0 unspecified atom stereocenters. The zero-order valence-electron chi connectivity index (χ0n) is 23.7. The Kier molecular flexibility index (Phi) is 5.43. The largest absolute Gasteiger partial charge is 0.306 e. The van der Waals surface area contributed by atoms with Crippen molar-refractivity contribution in [2.24, 2.45) is 0 Å². The lowest BCUT2D eigenvalue weighted by Crippen LogP contribution is -2.04. The van der Waals surface area contributed by atoms with Crippen molar-refractivity contribution in [1.82, 2.24) is 24.1 Å². The fourth-order valence-electron chi connectivity index (χ4n) is 6.49. The van der Waals surface area contributed by atoms with Crippen LogP contribution >= 0.6 is 0 Å². The van der Waals surface area contributed by atoms with Gasteiger partial charge in [-0.1, -0.05) is 115 Å². The Hall–Kier alpha value is -6.07. The monoisotopic (exact) mass is 563 g/mol. The minimum atomic E-state index is 0.604. The predicted molar refractivity (Wildman–Crippen MR) is 179 cm³/mol. The summed E-state index contributed by atoms with van der Waals surface area (Å²) in [7, 11) is 0. The molecule has 0 saturated carbocycles. The van der Waals surface area contributed by atoms with Gasteiger partial charge in [0.1, 0.15) is 0 Å². The molecule has 0 aliphatic rings. The summed E-state index contributed by atoms with van der Waals surface area (Å²) in [6, 6.07) is 48.4. The Morgan fingerprint density at radius 2 is 0.909 bits per heavy atom. The highest BCUT2D eigenvalue weighted by Gasteiger charge is 2.21. The summed E-state index contributed by atoms with van der Waals surface area (Å²) >= 11 is 0. The van der Waals surface area contributed by atoms with Crippen LogP contribution in [0.25, 0.3) is 77.8 Å². The molecule has 9 rings (SSSR count). The number of fused-ring (bicyclic) bond motifs is 6. The molecule has 0 radical (unpaired) electrons. The Morgan fingerprint density at radius 1 is 0.432 bits per heavy atom. The van der Waals surface area contributed by atoms with Crippen LogP contribution in [0.5, 0.6) is 0 Å². The van der Waals surface area contributed by atoms with Gasteiger partial charge in [0.25, 0.3) is 0 Å². The van der Waals surface area contributed by atoms with Gasteiger partial charge in [0, 0.05) is 32.7 Å². The van der Waals surface area contributed by atoms with E-state index in [2.05, 4.69) is 137 Å². The van der Waals surface area contributed by atoms with E-state index in [0.29, 0.717) is 5.95 Å². The molecule has 0 saturated heterocycles. The van der Waals surface area contributed by atoms with Crippen molar-refractivity contribution in [3.05, 3.63) is 152 Å². The molecule has 206 valence electrons. The van der Waals surface area contributed by atoms with Crippen LogP contribution in [0.15, 0.2) is 152 Å². The molecule has 0 N–H and O–H groups in total. The lowest BCUT2D eigenvalue weighted by atomic mass is 10.0. The van der Waals surface area contributed by atoms with Crippen LogP contribution in [0.2, 0.25) is 0 Å². The fourth-order valence-corrected chi connectivity index (χ4v) is 6.49. The lowest BCUT2D eigenvalue weighted by molar-refractivity contribution is 0.966. The molecule has 4 heterocycles. The number of rotatable bonds is 4. The Labute approximate surface area is 253 Å². The summed E-state index contributed by atoms with van der Waals surface area (Å²) in [6.07, 6.45) is 3.85. The third-order valence-electron chi connectivity index (χ3n) is 8.43. The van der Waals surface area contributed by atoms with Crippen molar-refractivity contribution < 1.29 is 0 Å². The summed E-state index contributed by atoms with van der Waals surface area (Å²) in [6.45, 7) is 0. The second-order valence-corrected chi connectivity index (χ2v) is 10.9. The first-order valence-corrected chi connectivity index (χ1v) is 14.7. The minimum Gasteiger partial charge on any atom is -0.306 e. The van der Waals surface area contributed by atoms with E-state index in [1.165, 1.54) is 10.8 Å². The first-order chi connectivity index (χ1) is 21.8. The second-order valence-electron chi connectivity index (χ2n) is 10.9. The van der Waals surface area contributed by atoms with E-state index in [4.69, 9.17) is 15.0 Å². The number of hydrogen-bond donors (Lipinski definition) is 0. The first-order valence-electron chi connectivity index (χ1n) is 14.7. The van der Waals surface area contributed by atoms with Crippen LogP contribution in [-0.4, -0.2) is 24.1 Å². The third-order valence-corrected chi connectivity index (χ3v) is 8.43. The maximum absolute atomic E-state index is 5.27. The third kappa shape index (κ3) is 3.69. The topological polar surface area (TPSA) is 48.5 Å². The molecule has 5 nitrogen and oxygen atoms in total. The van der Waals surface area contributed by atoms with Crippen LogP contribution in [0.3, 0.4) is 0 Å². The fraction of sp³-hybridized carbons (Fsp3) is 0. The molecule has 4 aromatic heterocycles. The van der Waals surface area contributed by atoms with Crippen LogP contribution in [-0.2, 0) is 0 Å². The highest BCUT2D eigenvalue weighted by Crippen LogP contribution is 2.39. The van der Waals surface area contributed by atoms with Crippen LogP contribution in [0, 0.1) is 0 Å². The maximum Gasteiger partial charge on any atom is 0.234 e. The quantitative estimate of drug-likeness (QED) is 0.214. The smallest absolute Gasteiger partial charge is 0.234 e. The van der Waals surface area contributed by atoms with Crippen molar-refractivity contribution in [3.63, 3.8) is 0 Å². The highest BCUT2D eigenvalue weighted by atomic mass is 15.2. The van der Waals surface area contributed by atoms with Gasteiger partial charge in [-0.25, -0.2) is 15.0 Å². The molecule has 5 heteroatoms. The predicted octanol–water partition coefficient (Wildman–Crippen LogP) is 9.40. The van der Waals surface area contributed by atoms with Crippen LogP contribution in [0.1, 0.15) is 0 Å². The van der Waals surface area contributed by atoms with E-state index in [9.17, 15) is 0 Å². The number of hydrogen-bond acceptors (Lipinski definition) is 3. The molecule has 44 heavy (non-hydrogen) atoms. The highest BCUT2D eigenvalue weighted by molar-refractivity contribution is 6.14. The van der Waals surface area contributed by atoms with Gasteiger partial charge in [0.15, 0.2) is 0 Å². The number of para-hydroxylation sites is 3. The zero-order valence-corrected chi connectivity index (χ0v) is 23.7. The zero-order chi connectivity index (χ0) is 29.0. The summed E-state index contributed by atoms with van der Waals surface area (Å²) in [5.41, 5.74) is 9.15. The molecule has 0 aliphatic carbocycles. The van der Waals surface area contributed by atoms with Crippen molar-refractivity contribution in [3.8, 4) is 34.2 Å². The molecular weight excluding hydrogens is 538 g/mol. The molecule has 5 aromatic carbocycles. The van der Waals surface area contributed by atoms with Gasteiger partial charge in [0.05, 0.1) is 51.5 Å². The second kappa shape index (κ2) is 9.75. The van der Waals surface area contributed by atoms with Gasteiger partial charge >= 0.3 is 0 Å². The van der Waals surface area contributed by atoms with E-state index in [1.54, 1.807) is 0 Å². The minimum absolute atomic E-state index is 0.604. The summed E-state index contributed by atoms with van der Waals surface area (Å²) in [5.74, 6) is 0.604. The van der Waals surface area contributed by atoms with Gasteiger partial charge in [-0.2, -0.15) is 0 Å². The average molecular weight is 564 g/mol. The van der Waals surface area contributed by atoms with Gasteiger partial charge in [-0.05, 0) is 24.3 Å². The van der Waals surface area contributed by atoms with E-state index in [0.717, 1.165) is 61.0 Å². The lowest BCUT2D eigenvalue weighted by Gasteiger charge is -2.12. The van der Waals surface area contributed by atoms with Crippen molar-refractivity contribution in [2.75, 3.05) is 0 Å². The molecule has 0 spiro atoms. The Balaban J connectivity index is 1.31. The van der Waals surface area contributed by atoms with Gasteiger partial charge in [-0.3, -0.25) is 4.57 Å². The first kappa shape index (κ1) is 24.5. The molecular formula is C39H25N5. The van der Waals surface area contributed by atoms with Crippen molar-refractivity contribution in [1.29, 1.82) is 0 Å². The van der Waals surface area contributed by atoms with Crippen LogP contribution in [0.4, 0.5) is 0 Å². The molecule has 9 aromatic rings. The molecule has 0 amide bonds. The molecule has 0 fully saturated rings. The van der Waals surface area contributed by atoms with E-state index in [-0.39, 0.29) is 0 Å². The molecule has 0 aliphatic heterocycles. The number of nitrogens with zero attached hydrogens (tertiary/aromatic N) is 5. The van der Waals surface area contributed by atoms with Gasteiger partial charge in [-0.15, -0.1) is 0 Å². The molecule has 0 bridgehead atoms. The molecule has 0 atom stereocenters. The summed E-state index contributed by atoms with van der Waals surface area (Å²) in [4.78, 5) is 15.3. The van der Waals surface area contributed by atoms with Crippen LogP contribution < -0.4 is 0 Å². The van der Waals surface area contributed by atoms with Crippen molar-refractivity contribution in [2.45, 2.75) is 0 Å². The van der Waals surface area contributed by atoms with E-state index >= 15 is 0 Å².